The number of Topliss-reactive ketones (excluding diaryl/α,β-unsaturated/α-hetero) is 1. The van der Waals surface area contributed by atoms with Crippen LogP contribution in [0.5, 0.6) is 5.75 Å². The van der Waals surface area contributed by atoms with Crippen molar-refractivity contribution in [3.05, 3.63) is 88.7 Å². The smallest absolute Gasteiger partial charge is 0.254 e. The molecule has 3 aromatic rings. The molecule has 10 nitrogen and oxygen atoms in total. The van der Waals surface area contributed by atoms with Crippen LogP contribution in [0.3, 0.4) is 0 Å². The average Bonchev–Trinajstić information content (AvgIpc) is 3.06. The number of carbonyl (C=O) groups is 2. The van der Waals surface area contributed by atoms with E-state index in [0.29, 0.717) is 36.3 Å². The first-order chi connectivity index (χ1) is 23.2. The summed E-state index contributed by atoms with van der Waals surface area (Å²) in [6.45, 7) is 7.73. The molecule has 12 heteroatoms. The number of ether oxygens (including phenoxy) is 1. The zero-order valence-corrected chi connectivity index (χ0v) is 29.6. The molecule has 1 aliphatic carbocycles. The Kier molecular flexibility index (Phi) is 11.0. The summed E-state index contributed by atoms with van der Waals surface area (Å²) in [4.78, 5) is 27.2. The minimum Gasteiger partial charge on any atom is -0.497 e. The summed E-state index contributed by atoms with van der Waals surface area (Å²) in [5, 5.41) is 21.1. The second-order valence-electron chi connectivity index (χ2n) is 13.9. The summed E-state index contributed by atoms with van der Waals surface area (Å²) in [5.41, 5.74) is 1.47. The molecule has 1 amide bonds. The van der Waals surface area contributed by atoms with Gasteiger partial charge < -0.3 is 25.8 Å². The van der Waals surface area contributed by atoms with Crippen molar-refractivity contribution < 1.29 is 32.2 Å². The minimum atomic E-state index is -3.76. The van der Waals surface area contributed by atoms with Crippen molar-refractivity contribution in [2.45, 2.75) is 77.6 Å². The third-order valence-corrected chi connectivity index (χ3v) is 11.1. The van der Waals surface area contributed by atoms with Crippen molar-refractivity contribution in [2.75, 3.05) is 35.6 Å². The van der Waals surface area contributed by atoms with Crippen molar-refractivity contribution >= 4 is 33.1 Å². The number of methoxy groups -OCH3 is 1. The second-order valence-corrected chi connectivity index (χ2v) is 15.9. The molecular formula is C37H47FN4O6S. The number of fused-ring (bicyclic) bond motifs is 1. The number of nitrogens with zero attached hydrogens (tertiary/aromatic N) is 1. The molecule has 0 spiro atoms. The Morgan fingerprint density at radius 3 is 2.51 bits per heavy atom. The van der Waals surface area contributed by atoms with E-state index in [1.807, 2.05) is 64.1 Å². The van der Waals surface area contributed by atoms with Crippen LogP contribution in [0.15, 0.2) is 60.7 Å². The van der Waals surface area contributed by atoms with Gasteiger partial charge in [0, 0.05) is 41.8 Å². The highest BCUT2D eigenvalue weighted by Gasteiger charge is 2.40. The summed E-state index contributed by atoms with van der Waals surface area (Å²) in [7, 11) is -2.20. The van der Waals surface area contributed by atoms with Crippen LogP contribution in [0, 0.1) is 11.2 Å². The molecule has 3 atom stereocenters. The van der Waals surface area contributed by atoms with Crippen LogP contribution in [0.25, 0.3) is 0 Å². The Morgan fingerprint density at radius 2 is 1.84 bits per heavy atom. The molecule has 264 valence electrons. The predicted molar refractivity (Wildman–Crippen MR) is 189 cm³/mol. The molecule has 1 saturated heterocycles. The third-order valence-electron chi connectivity index (χ3n) is 9.23. The quantitative estimate of drug-likeness (QED) is 0.202. The van der Waals surface area contributed by atoms with Crippen LogP contribution in [-0.2, 0) is 16.4 Å². The maximum Gasteiger partial charge on any atom is 0.254 e. The van der Waals surface area contributed by atoms with Gasteiger partial charge in [-0.05, 0) is 81.0 Å². The lowest BCUT2D eigenvalue weighted by atomic mass is 9.71. The fourth-order valence-electron chi connectivity index (χ4n) is 6.66. The zero-order valence-electron chi connectivity index (χ0n) is 28.8. The molecule has 1 fully saturated rings. The summed E-state index contributed by atoms with van der Waals surface area (Å²) in [6, 6.07) is 16.3. The van der Waals surface area contributed by atoms with E-state index in [1.165, 1.54) is 12.1 Å². The Bertz CT molecular complexity index is 1780. The predicted octanol–water partition coefficient (Wildman–Crippen LogP) is 5.23. The Hall–Kier alpha value is -4.00. The summed E-state index contributed by atoms with van der Waals surface area (Å²) in [5.74, 6) is -1.17. The van der Waals surface area contributed by atoms with Crippen molar-refractivity contribution in [3.8, 4) is 5.75 Å². The average molecular weight is 695 g/mol. The summed E-state index contributed by atoms with van der Waals surface area (Å²) < 4.78 is 48.6. The number of amides is 1. The lowest BCUT2D eigenvalue weighted by Crippen LogP contribution is -2.50. The van der Waals surface area contributed by atoms with Crippen molar-refractivity contribution in [2.24, 2.45) is 5.41 Å². The maximum atomic E-state index is 16.2. The number of nitrogens with one attached hydrogen (secondary N) is 3. The molecule has 2 aliphatic rings. The fourth-order valence-corrected chi connectivity index (χ4v) is 8.29. The Morgan fingerprint density at radius 1 is 1.10 bits per heavy atom. The van der Waals surface area contributed by atoms with Gasteiger partial charge >= 0.3 is 0 Å². The van der Waals surface area contributed by atoms with Gasteiger partial charge in [0.1, 0.15) is 5.75 Å². The Labute approximate surface area is 288 Å². The number of ketones is 1. The number of carbonyl (C=O) groups excluding carboxylic acids is 2. The van der Waals surface area contributed by atoms with Gasteiger partial charge in [0.05, 0.1) is 36.3 Å². The van der Waals surface area contributed by atoms with Gasteiger partial charge in [-0.2, -0.15) is 0 Å². The second kappa shape index (κ2) is 14.9. The number of halogens is 1. The van der Waals surface area contributed by atoms with Crippen LogP contribution in [0.1, 0.15) is 84.8 Å². The van der Waals surface area contributed by atoms with Crippen LogP contribution in [-0.4, -0.2) is 69.4 Å². The van der Waals surface area contributed by atoms with E-state index in [-0.39, 0.29) is 54.4 Å². The molecule has 0 bridgehead atoms. The molecule has 1 aliphatic heterocycles. The number of benzene rings is 3. The third kappa shape index (κ3) is 8.25. The number of aliphatic hydroxyl groups excluding tert-OH is 1. The molecule has 3 aromatic carbocycles. The number of hydrogen-bond acceptors (Lipinski definition) is 8. The van der Waals surface area contributed by atoms with Gasteiger partial charge in [0.25, 0.3) is 5.91 Å². The monoisotopic (exact) mass is 694 g/mol. The van der Waals surface area contributed by atoms with Gasteiger partial charge in [-0.15, -0.1) is 0 Å². The molecule has 0 radical (unpaired) electrons. The van der Waals surface area contributed by atoms with Gasteiger partial charge in [-0.3, -0.25) is 13.9 Å². The van der Waals surface area contributed by atoms with E-state index in [1.54, 1.807) is 19.2 Å². The first-order valence-electron chi connectivity index (χ1n) is 16.8. The lowest BCUT2D eigenvalue weighted by molar-refractivity contribution is 0.0749. The number of anilines is 2. The molecule has 5 rings (SSSR count). The molecule has 49 heavy (non-hydrogen) atoms. The zero-order chi connectivity index (χ0) is 35.5. The fraction of sp³-hybridized carbons (Fsp3) is 0.459. The molecule has 4 N–H and O–H groups in total. The highest BCUT2D eigenvalue weighted by molar-refractivity contribution is 7.92. The van der Waals surface area contributed by atoms with Crippen molar-refractivity contribution in [3.63, 3.8) is 0 Å². The van der Waals surface area contributed by atoms with Gasteiger partial charge in [0.2, 0.25) is 10.0 Å². The first-order valence-corrected chi connectivity index (χ1v) is 18.4. The highest BCUT2D eigenvalue weighted by Crippen LogP contribution is 2.42. The number of sulfonamides is 1. The largest absolute Gasteiger partial charge is 0.497 e. The van der Waals surface area contributed by atoms with E-state index in [9.17, 15) is 23.1 Å². The van der Waals surface area contributed by atoms with Gasteiger partial charge in [-0.1, -0.05) is 44.2 Å². The van der Waals surface area contributed by atoms with Crippen LogP contribution in [0.4, 0.5) is 15.8 Å². The van der Waals surface area contributed by atoms with Crippen LogP contribution < -0.4 is 25.0 Å². The molecule has 0 saturated carbocycles. The topological polar surface area (TPSA) is 137 Å². The summed E-state index contributed by atoms with van der Waals surface area (Å²) in [6.07, 6.45) is 0.661. The highest BCUT2D eigenvalue weighted by atomic mass is 32.2. The maximum absolute atomic E-state index is 16.2. The lowest BCUT2D eigenvalue weighted by Gasteiger charge is -2.37. The molecule has 1 heterocycles. The molecule has 0 unspecified atom stereocenters. The Balaban J connectivity index is 1.44. The van der Waals surface area contributed by atoms with E-state index >= 15 is 4.39 Å². The number of aliphatic hydroxyl groups is 1. The number of rotatable bonds is 12. The van der Waals surface area contributed by atoms with Gasteiger partial charge in [-0.25, -0.2) is 12.8 Å². The SMILES string of the molecule is COc1ccc2c(c1)[C@@H](NC[C@@H](O)[C@H](Cc1ccccc1)NC(=O)c1cc(NC(C)C)cc(N3CCCCS3(=O)=O)c1F)CC(C)(C)C2=O. The van der Waals surface area contributed by atoms with E-state index in [2.05, 4.69) is 16.0 Å². The van der Waals surface area contributed by atoms with E-state index < -0.39 is 39.3 Å². The van der Waals surface area contributed by atoms with E-state index in [0.717, 1.165) is 15.4 Å². The summed E-state index contributed by atoms with van der Waals surface area (Å²) >= 11 is 0. The number of hydrogen-bond donors (Lipinski definition) is 4. The minimum absolute atomic E-state index is 0.0332. The standard InChI is InChI=1S/C37H47FN4O6S/c1-23(2)40-25-18-29(34(38)32(19-25)42-15-9-10-16-49(42,46)47)36(45)41-30(17-24-11-7-6-8-12-24)33(43)22-39-31-21-37(3,4)35(44)27-14-13-26(48-5)20-28(27)31/h6-8,11-14,18-20,23,30-31,33,39-40,43H,9-10,15-17,21-22H2,1-5H3,(H,41,45)/t30-,31-,33+/m0/s1. The van der Waals surface area contributed by atoms with Crippen LogP contribution in [0.2, 0.25) is 0 Å². The van der Waals surface area contributed by atoms with Crippen molar-refractivity contribution in [1.29, 1.82) is 0 Å². The molecular weight excluding hydrogens is 647 g/mol. The molecule has 0 aromatic heterocycles. The van der Waals surface area contributed by atoms with Gasteiger partial charge in [0.15, 0.2) is 11.6 Å². The normalized spacial score (nSPS) is 19.6. The van der Waals surface area contributed by atoms with E-state index in [4.69, 9.17) is 4.74 Å². The van der Waals surface area contributed by atoms with Crippen LogP contribution >= 0.6 is 0 Å². The van der Waals surface area contributed by atoms with Crippen molar-refractivity contribution in [1.82, 2.24) is 10.6 Å². The first kappa shape index (κ1) is 36.3.